The molecule has 2 N–H and O–H groups in total. The van der Waals surface area contributed by atoms with Crippen molar-refractivity contribution in [3.8, 4) is 0 Å². The van der Waals surface area contributed by atoms with Crippen molar-refractivity contribution in [1.29, 1.82) is 0 Å². The number of rotatable bonds is 8. The van der Waals surface area contributed by atoms with Crippen LogP contribution in [0.5, 0.6) is 0 Å². The quantitative estimate of drug-likeness (QED) is 0.762. The van der Waals surface area contributed by atoms with Crippen molar-refractivity contribution in [2.24, 2.45) is 5.41 Å². The van der Waals surface area contributed by atoms with Crippen LogP contribution < -0.4 is 5.32 Å². The van der Waals surface area contributed by atoms with E-state index in [1.54, 1.807) is 26.0 Å². The van der Waals surface area contributed by atoms with Crippen LogP contribution in [0.2, 0.25) is 0 Å². The monoisotopic (exact) mass is 283 g/mol. The van der Waals surface area contributed by atoms with E-state index in [1.165, 1.54) is 7.11 Å². The van der Waals surface area contributed by atoms with Gasteiger partial charge in [-0.3, -0.25) is 9.59 Å². The summed E-state index contributed by atoms with van der Waals surface area (Å²) in [5.74, 6) is -0.612. The van der Waals surface area contributed by atoms with Crippen LogP contribution >= 0.6 is 0 Å². The zero-order valence-corrected chi connectivity index (χ0v) is 12.1. The molecule has 0 saturated heterocycles. The van der Waals surface area contributed by atoms with Gasteiger partial charge in [0.25, 0.3) is 5.91 Å². The molecule has 0 aliphatic heterocycles. The number of amides is 1. The number of aliphatic carboxylic acids is 1. The molecule has 6 nitrogen and oxygen atoms in total. The van der Waals surface area contributed by atoms with Crippen LogP contribution in [0, 0.1) is 5.41 Å². The molecule has 112 valence electrons. The summed E-state index contributed by atoms with van der Waals surface area (Å²) in [6, 6.07) is 3.20. The number of ether oxygens (including phenoxy) is 1. The largest absolute Gasteiger partial charge is 0.481 e. The summed E-state index contributed by atoms with van der Waals surface area (Å²) in [5, 5.41) is 11.9. The number of carbonyl (C=O) groups is 2. The second-order valence-electron chi connectivity index (χ2n) is 4.67. The lowest BCUT2D eigenvalue weighted by atomic mass is 9.82. The van der Waals surface area contributed by atoms with E-state index >= 15 is 0 Å². The first kappa shape index (κ1) is 16.2. The van der Waals surface area contributed by atoms with E-state index in [1.807, 2.05) is 0 Å². The van der Waals surface area contributed by atoms with Gasteiger partial charge in [0, 0.05) is 13.7 Å². The van der Waals surface area contributed by atoms with E-state index in [4.69, 9.17) is 9.15 Å². The van der Waals surface area contributed by atoms with Crippen LogP contribution in [-0.4, -0.2) is 30.6 Å². The number of carbonyl (C=O) groups excluding carboxylic acids is 1. The molecule has 1 aromatic heterocycles. The number of methoxy groups -OCH3 is 1. The Kier molecular flexibility index (Phi) is 5.76. The maximum Gasteiger partial charge on any atom is 0.311 e. The van der Waals surface area contributed by atoms with Crippen molar-refractivity contribution in [3.05, 3.63) is 23.7 Å². The van der Waals surface area contributed by atoms with E-state index in [2.05, 4.69) is 5.32 Å². The minimum atomic E-state index is -0.933. The third-order valence-corrected chi connectivity index (χ3v) is 3.57. The minimum Gasteiger partial charge on any atom is -0.481 e. The maximum absolute atomic E-state index is 11.9. The van der Waals surface area contributed by atoms with E-state index in [-0.39, 0.29) is 18.9 Å². The van der Waals surface area contributed by atoms with Gasteiger partial charge in [0.1, 0.15) is 12.4 Å². The summed E-state index contributed by atoms with van der Waals surface area (Å²) in [7, 11) is 1.53. The molecule has 1 rings (SSSR count). The summed E-state index contributed by atoms with van der Waals surface area (Å²) in [6.07, 6.45) is 0.901. The number of carboxylic acids is 1. The van der Waals surface area contributed by atoms with Gasteiger partial charge in [-0.15, -0.1) is 0 Å². The second-order valence-corrected chi connectivity index (χ2v) is 4.67. The normalized spacial score (nSPS) is 11.3. The fourth-order valence-electron chi connectivity index (χ4n) is 1.93. The SMILES string of the molecule is CCC(CC)(CNC(=O)c1ccc(COC)o1)C(=O)O. The maximum atomic E-state index is 11.9. The molecular weight excluding hydrogens is 262 g/mol. The molecule has 0 radical (unpaired) electrons. The Hall–Kier alpha value is -1.82. The molecule has 0 bridgehead atoms. The Balaban J connectivity index is 2.67. The standard InChI is InChI=1S/C14H21NO5/c1-4-14(5-2,13(17)18)9-15-12(16)11-7-6-10(20-11)8-19-3/h6-7H,4-5,8-9H2,1-3H3,(H,15,16)(H,17,18). The Bertz CT molecular complexity index is 462. The van der Waals surface area contributed by atoms with Gasteiger partial charge in [0.05, 0.1) is 5.41 Å². The first-order chi connectivity index (χ1) is 9.49. The van der Waals surface area contributed by atoms with Gasteiger partial charge in [-0.2, -0.15) is 0 Å². The Morgan fingerprint density at radius 2 is 2.00 bits per heavy atom. The van der Waals surface area contributed by atoms with Crippen molar-refractivity contribution in [1.82, 2.24) is 5.32 Å². The molecule has 0 saturated carbocycles. The highest BCUT2D eigenvalue weighted by molar-refractivity contribution is 5.91. The van der Waals surface area contributed by atoms with E-state index in [9.17, 15) is 14.7 Å². The van der Waals surface area contributed by atoms with Crippen LogP contribution in [-0.2, 0) is 16.1 Å². The smallest absolute Gasteiger partial charge is 0.311 e. The molecule has 6 heteroatoms. The van der Waals surface area contributed by atoms with Gasteiger partial charge in [-0.25, -0.2) is 0 Å². The number of carboxylic acid groups (broad SMARTS) is 1. The lowest BCUT2D eigenvalue weighted by Gasteiger charge is -2.26. The van der Waals surface area contributed by atoms with Crippen LogP contribution in [0.4, 0.5) is 0 Å². The van der Waals surface area contributed by atoms with E-state index in [0.29, 0.717) is 18.6 Å². The Morgan fingerprint density at radius 1 is 1.35 bits per heavy atom. The summed E-state index contributed by atoms with van der Waals surface area (Å²) >= 11 is 0. The summed E-state index contributed by atoms with van der Waals surface area (Å²) in [6.45, 7) is 3.96. The van der Waals surface area contributed by atoms with Crippen LogP contribution in [0.25, 0.3) is 0 Å². The fourth-order valence-corrected chi connectivity index (χ4v) is 1.93. The van der Waals surface area contributed by atoms with E-state index < -0.39 is 17.3 Å². The van der Waals surface area contributed by atoms with Crippen LogP contribution in [0.15, 0.2) is 16.5 Å². The molecule has 0 aromatic carbocycles. The lowest BCUT2D eigenvalue weighted by Crippen LogP contribution is -2.42. The van der Waals surface area contributed by atoms with Crippen molar-refractivity contribution in [2.75, 3.05) is 13.7 Å². The van der Waals surface area contributed by atoms with Crippen molar-refractivity contribution in [2.45, 2.75) is 33.3 Å². The molecular formula is C14H21NO5. The summed E-state index contributed by atoms with van der Waals surface area (Å²) < 4.78 is 10.2. The zero-order valence-electron chi connectivity index (χ0n) is 12.1. The first-order valence-electron chi connectivity index (χ1n) is 6.58. The van der Waals surface area contributed by atoms with Gasteiger partial charge in [-0.05, 0) is 25.0 Å². The van der Waals surface area contributed by atoms with Gasteiger partial charge >= 0.3 is 5.97 Å². The van der Waals surface area contributed by atoms with Crippen LogP contribution in [0.3, 0.4) is 0 Å². The van der Waals surface area contributed by atoms with Crippen LogP contribution in [0.1, 0.15) is 43.0 Å². The van der Waals surface area contributed by atoms with Crippen molar-refractivity contribution >= 4 is 11.9 Å². The third kappa shape index (κ3) is 3.60. The van der Waals surface area contributed by atoms with E-state index in [0.717, 1.165) is 0 Å². The minimum absolute atomic E-state index is 0.0779. The summed E-state index contributed by atoms with van der Waals surface area (Å²) in [5.41, 5.74) is -0.933. The summed E-state index contributed by atoms with van der Waals surface area (Å²) in [4.78, 5) is 23.3. The number of furan rings is 1. The highest BCUT2D eigenvalue weighted by Crippen LogP contribution is 2.25. The average Bonchev–Trinajstić information content (AvgIpc) is 2.89. The van der Waals surface area contributed by atoms with Gasteiger partial charge in [-0.1, -0.05) is 13.8 Å². The van der Waals surface area contributed by atoms with Crippen molar-refractivity contribution in [3.63, 3.8) is 0 Å². The molecule has 1 amide bonds. The molecule has 0 unspecified atom stereocenters. The molecule has 20 heavy (non-hydrogen) atoms. The molecule has 1 aromatic rings. The topological polar surface area (TPSA) is 88.8 Å². The Labute approximate surface area is 118 Å². The third-order valence-electron chi connectivity index (χ3n) is 3.57. The second kappa shape index (κ2) is 7.09. The molecule has 0 spiro atoms. The van der Waals surface area contributed by atoms with Gasteiger partial charge in [0.2, 0.25) is 0 Å². The molecule has 0 aliphatic rings. The number of hydrogen-bond donors (Lipinski definition) is 2. The Morgan fingerprint density at radius 3 is 2.50 bits per heavy atom. The van der Waals surface area contributed by atoms with Gasteiger partial charge < -0.3 is 19.6 Å². The van der Waals surface area contributed by atoms with Gasteiger partial charge in [0.15, 0.2) is 5.76 Å². The predicted octanol–water partition coefficient (Wildman–Crippen LogP) is 2.05. The van der Waals surface area contributed by atoms with Crippen molar-refractivity contribution < 1.29 is 23.8 Å². The molecule has 0 fully saturated rings. The number of nitrogens with one attached hydrogen (secondary N) is 1. The molecule has 1 heterocycles. The molecule has 0 atom stereocenters. The zero-order chi connectivity index (χ0) is 15.2. The predicted molar refractivity (Wildman–Crippen MR) is 72.4 cm³/mol. The lowest BCUT2D eigenvalue weighted by molar-refractivity contribution is -0.149. The highest BCUT2D eigenvalue weighted by Gasteiger charge is 2.35. The number of hydrogen-bond acceptors (Lipinski definition) is 4. The first-order valence-corrected chi connectivity index (χ1v) is 6.58. The average molecular weight is 283 g/mol. The molecule has 0 aliphatic carbocycles. The highest BCUT2D eigenvalue weighted by atomic mass is 16.5. The fraction of sp³-hybridized carbons (Fsp3) is 0.571.